The monoisotopic (exact) mass is 167 g/mol. The maximum atomic E-state index is 11.4. The minimum atomic E-state index is -0.155. The third-order valence-electron chi connectivity index (χ3n) is 4.56. The second-order valence-corrected chi connectivity index (χ2v) is 4.94. The predicted molar refractivity (Wildman–Crippen MR) is 47.4 cm³/mol. The van der Waals surface area contributed by atoms with Crippen molar-refractivity contribution in [3.8, 4) is 0 Å². The fourth-order valence-corrected chi connectivity index (χ4v) is 3.43. The van der Waals surface area contributed by atoms with E-state index in [4.69, 9.17) is 5.73 Å². The summed E-state index contributed by atoms with van der Waals surface area (Å²) in [6, 6.07) is 0. The summed E-state index contributed by atoms with van der Waals surface area (Å²) in [5, 5.41) is 0. The number of carbonyl (C=O) groups is 1. The van der Waals surface area contributed by atoms with Crippen molar-refractivity contribution >= 4 is 5.91 Å². The zero-order valence-corrected chi connectivity index (χ0v) is 7.89. The fraction of sp³-hybridized carbons (Fsp3) is 0.900. The summed E-state index contributed by atoms with van der Waals surface area (Å²) in [5.41, 5.74) is 5.52. The van der Waals surface area contributed by atoms with E-state index in [1.54, 1.807) is 0 Å². The predicted octanol–water partition coefficient (Wildman–Crippen LogP) is 1.69. The SMILES string of the molecule is CC1(C)C2CCC1(C(N)=O)CC2. The van der Waals surface area contributed by atoms with E-state index in [1.165, 1.54) is 12.8 Å². The summed E-state index contributed by atoms with van der Waals surface area (Å²) in [5.74, 6) is 0.678. The van der Waals surface area contributed by atoms with Gasteiger partial charge in [-0.15, -0.1) is 0 Å². The van der Waals surface area contributed by atoms with Gasteiger partial charge >= 0.3 is 0 Å². The molecule has 0 saturated heterocycles. The number of amides is 1. The molecule has 0 unspecified atom stereocenters. The van der Waals surface area contributed by atoms with E-state index in [1.807, 2.05) is 0 Å². The van der Waals surface area contributed by atoms with Gasteiger partial charge in [0.15, 0.2) is 0 Å². The molecule has 0 aliphatic heterocycles. The van der Waals surface area contributed by atoms with Crippen LogP contribution in [0, 0.1) is 16.7 Å². The Morgan fingerprint density at radius 1 is 1.33 bits per heavy atom. The average molecular weight is 167 g/mol. The topological polar surface area (TPSA) is 43.1 Å². The second-order valence-electron chi connectivity index (χ2n) is 4.94. The fourth-order valence-electron chi connectivity index (χ4n) is 3.43. The molecule has 2 fully saturated rings. The average Bonchev–Trinajstić information content (AvgIpc) is 2.40. The number of carbonyl (C=O) groups excluding carboxylic acids is 1. The van der Waals surface area contributed by atoms with Crippen LogP contribution in [0.4, 0.5) is 0 Å². The molecule has 0 radical (unpaired) electrons. The van der Waals surface area contributed by atoms with Crippen molar-refractivity contribution in [2.24, 2.45) is 22.5 Å². The molecule has 0 aromatic heterocycles. The highest BCUT2D eigenvalue weighted by Crippen LogP contribution is 2.65. The molecule has 2 heteroatoms. The van der Waals surface area contributed by atoms with Gasteiger partial charge in [-0.3, -0.25) is 4.79 Å². The molecule has 0 atom stereocenters. The first kappa shape index (κ1) is 8.09. The molecule has 12 heavy (non-hydrogen) atoms. The Morgan fingerprint density at radius 2 is 1.83 bits per heavy atom. The van der Waals surface area contributed by atoms with Gasteiger partial charge in [0.1, 0.15) is 0 Å². The van der Waals surface area contributed by atoms with Gasteiger partial charge in [-0.25, -0.2) is 0 Å². The van der Waals surface area contributed by atoms with Crippen LogP contribution in [0.3, 0.4) is 0 Å². The molecule has 2 nitrogen and oxygen atoms in total. The molecule has 2 N–H and O–H groups in total. The maximum Gasteiger partial charge on any atom is 0.224 e. The molecule has 2 bridgehead atoms. The van der Waals surface area contributed by atoms with E-state index >= 15 is 0 Å². The van der Waals surface area contributed by atoms with Gasteiger partial charge in [0.05, 0.1) is 5.41 Å². The molecular formula is C10H17NO. The van der Waals surface area contributed by atoms with Crippen molar-refractivity contribution in [3.05, 3.63) is 0 Å². The van der Waals surface area contributed by atoms with Gasteiger partial charge in [-0.2, -0.15) is 0 Å². The van der Waals surface area contributed by atoms with Crippen LogP contribution in [0.1, 0.15) is 39.5 Å². The van der Waals surface area contributed by atoms with Crippen molar-refractivity contribution in [3.63, 3.8) is 0 Å². The molecule has 0 heterocycles. The number of nitrogens with two attached hydrogens (primary N) is 1. The van der Waals surface area contributed by atoms with Crippen LogP contribution >= 0.6 is 0 Å². The molecule has 1 amide bonds. The Bertz CT molecular complexity index is 224. The molecule has 0 aromatic carbocycles. The number of primary amides is 1. The lowest BCUT2D eigenvalue weighted by Crippen LogP contribution is -2.42. The minimum Gasteiger partial charge on any atom is -0.369 e. The summed E-state index contributed by atoms with van der Waals surface area (Å²) in [6.45, 7) is 4.42. The lowest BCUT2D eigenvalue weighted by molar-refractivity contribution is -0.131. The molecule has 2 aliphatic carbocycles. The highest BCUT2D eigenvalue weighted by Gasteiger charge is 2.61. The zero-order valence-electron chi connectivity index (χ0n) is 7.89. The lowest BCUT2D eigenvalue weighted by Gasteiger charge is -2.34. The first-order chi connectivity index (χ1) is 5.51. The Labute approximate surface area is 73.5 Å². The quantitative estimate of drug-likeness (QED) is 0.634. The van der Waals surface area contributed by atoms with Gasteiger partial charge in [0, 0.05) is 0 Å². The minimum absolute atomic E-state index is 0.0625. The molecule has 2 saturated carbocycles. The highest BCUT2D eigenvalue weighted by molar-refractivity contribution is 5.82. The third kappa shape index (κ3) is 0.644. The van der Waals surface area contributed by atoms with Gasteiger partial charge < -0.3 is 5.73 Å². The number of hydrogen-bond donors (Lipinski definition) is 1. The van der Waals surface area contributed by atoms with Gasteiger partial charge in [-0.1, -0.05) is 13.8 Å². The summed E-state index contributed by atoms with van der Waals surface area (Å²) in [6.07, 6.45) is 4.46. The smallest absolute Gasteiger partial charge is 0.224 e. The largest absolute Gasteiger partial charge is 0.369 e. The summed E-state index contributed by atoms with van der Waals surface area (Å²) >= 11 is 0. The third-order valence-corrected chi connectivity index (χ3v) is 4.56. The molecule has 0 spiro atoms. The highest BCUT2D eigenvalue weighted by atomic mass is 16.1. The van der Waals surface area contributed by atoms with Crippen LogP contribution in [-0.2, 0) is 4.79 Å². The van der Waals surface area contributed by atoms with Crippen molar-refractivity contribution in [2.45, 2.75) is 39.5 Å². The van der Waals surface area contributed by atoms with Crippen molar-refractivity contribution in [2.75, 3.05) is 0 Å². The van der Waals surface area contributed by atoms with Gasteiger partial charge in [0.25, 0.3) is 0 Å². The Kier molecular flexibility index (Phi) is 1.37. The maximum absolute atomic E-state index is 11.4. The van der Waals surface area contributed by atoms with Crippen LogP contribution in [0.15, 0.2) is 0 Å². The Morgan fingerprint density at radius 3 is 2.00 bits per heavy atom. The van der Waals surface area contributed by atoms with Crippen LogP contribution in [0.25, 0.3) is 0 Å². The molecule has 2 aliphatic rings. The van der Waals surface area contributed by atoms with E-state index in [9.17, 15) is 4.79 Å². The van der Waals surface area contributed by atoms with Crippen LogP contribution in [-0.4, -0.2) is 5.91 Å². The summed E-state index contributed by atoms with van der Waals surface area (Å²) in [4.78, 5) is 11.4. The molecular weight excluding hydrogens is 150 g/mol. The van der Waals surface area contributed by atoms with E-state index in [-0.39, 0.29) is 16.7 Å². The number of rotatable bonds is 1. The Balaban J connectivity index is 2.43. The number of fused-ring (bicyclic) bond motifs is 2. The molecule has 0 aromatic rings. The lowest BCUT2D eigenvalue weighted by atomic mass is 9.69. The van der Waals surface area contributed by atoms with Crippen LogP contribution < -0.4 is 5.73 Å². The standard InChI is InChI=1S/C10H17NO/c1-9(2)7-3-5-10(9,6-4-7)8(11)12/h7H,3-6H2,1-2H3,(H2,11,12). The van der Waals surface area contributed by atoms with Crippen molar-refractivity contribution < 1.29 is 4.79 Å². The normalized spacial score (nSPS) is 43.3. The van der Waals surface area contributed by atoms with Crippen LogP contribution in [0.2, 0.25) is 0 Å². The first-order valence-corrected chi connectivity index (χ1v) is 4.81. The first-order valence-electron chi connectivity index (χ1n) is 4.81. The second kappa shape index (κ2) is 2.04. The van der Waals surface area contributed by atoms with Gasteiger partial charge in [0.2, 0.25) is 5.91 Å². The number of hydrogen-bond acceptors (Lipinski definition) is 1. The molecule has 68 valence electrons. The Hall–Kier alpha value is -0.530. The van der Waals surface area contributed by atoms with E-state index in [0.29, 0.717) is 0 Å². The van der Waals surface area contributed by atoms with Gasteiger partial charge in [-0.05, 0) is 37.0 Å². The van der Waals surface area contributed by atoms with E-state index < -0.39 is 0 Å². The van der Waals surface area contributed by atoms with E-state index in [2.05, 4.69) is 13.8 Å². The zero-order chi connectivity index (χ0) is 8.98. The summed E-state index contributed by atoms with van der Waals surface area (Å²) in [7, 11) is 0. The molecule has 2 rings (SSSR count). The van der Waals surface area contributed by atoms with Crippen LogP contribution in [0.5, 0.6) is 0 Å². The van der Waals surface area contributed by atoms with Crippen molar-refractivity contribution in [1.82, 2.24) is 0 Å². The van der Waals surface area contributed by atoms with E-state index in [0.717, 1.165) is 18.8 Å². The van der Waals surface area contributed by atoms with Crippen molar-refractivity contribution in [1.29, 1.82) is 0 Å². The summed E-state index contributed by atoms with van der Waals surface area (Å²) < 4.78 is 0.